The number of aliphatic hydroxyl groups is 1. The first-order valence-electron chi connectivity index (χ1n) is 2.38. The Hall–Kier alpha value is -0.0400. The Bertz CT molecular complexity index is 25.4. The van der Waals surface area contributed by atoms with Crippen LogP contribution in [-0.4, -0.2) is 11.7 Å². The number of hydrogen-bond donors (Lipinski definition) is 1. The molecule has 0 aromatic rings. The lowest BCUT2D eigenvalue weighted by atomic mass is 10.2. The van der Waals surface area contributed by atoms with E-state index in [0.29, 0.717) is 12.5 Å². The van der Waals surface area contributed by atoms with E-state index in [4.69, 9.17) is 5.11 Å². The molecular formula is C6H16O. The van der Waals surface area contributed by atoms with Crippen molar-refractivity contribution in [2.24, 2.45) is 5.92 Å². The van der Waals surface area contributed by atoms with Gasteiger partial charge in [-0.25, -0.2) is 0 Å². The average molecular weight is 104 g/mol. The Morgan fingerprint density at radius 2 is 1.86 bits per heavy atom. The molecule has 0 saturated carbocycles. The predicted octanol–water partition coefficient (Wildman–Crippen LogP) is 1.66. The Morgan fingerprint density at radius 1 is 1.43 bits per heavy atom. The van der Waals surface area contributed by atoms with E-state index in [1.807, 2.05) is 0 Å². The summed E-state index contributed by atoms with van der Waals surface area (Å²) in [6.07, 6.45) is 0.931. The van der Waals surface area contributed by atoms with Crippen LogP contribution in [0.3, 0.4) is 0 Å². The van der Waals surface area contributed by atoms with Gasteiger partial charge in [-0.3, -0.25) is 0 Å². The standard InChI is InChI=1S/C5H12O.CH4/c1-5(2)3-4-6;/h5-6H,3-4H2,1-2H3;1H4. The minimum atomic E-state index is 0. The fraction of sp³-hybridized carbons (Fsp3) is 1.00. The molecule has 0 radical (unpaired) electrons. The lowest BCUT2D eigenvalue weighted by Gasteiger charge is -1.95. The van der Waals surface area contributed by atoms with Gasteiger partial charge in [-0.2, -0.15) is 0 Å². The van der Waals surface area contributed by atoms with Gasteiger partial charge >= 0.3 is 0 Å². The molecule has 0 aromatic heterocycles. The number of rotatable bonds is 2. The van der Waals surface area contributed by atoms with E-state index >= 15 is 0 Å². The smallest absolute Gasteiger partial charge is 0.0433 e. The van der Waals surface area contributed by atoms with Crippen molar-refractivity contribution in [3.8, 4) is 0 Å². The molecule has 1 nitrogen and oxygen atoms in total. The zero-order valence-corrected chi connectivity index (χ0v) is 4.44. The zero-order chi connectivity index (χ0) is 4.99. The van der Waals surface area contributed by atoms with Gasteiger partial charge in [0, 0.05) is 6.61 Å². The first-order chi connectivity index (χ1) is 2.77. The van der Waals surface area contributed by atoms with Crippen LogP contribution in [0.2, 0.25) is 0 Å². The van der Waals surface area contributed by atoms with Gasteiger partial charge in [-0.15, -0.1) is 0 Å². The fourth-order valence-electron chi connectivity index (χ4n) is 0.258. The van der Waals surface area contributed by atoms with Crippen LogP contribution in [0.5, 0.6) is 0 Å². The monoisotopic (exact) mass is 104 g/mol. The summed E-state index contributed by atoms with van der Waals surface area (Å²) >= 11 is 0. The van der Waals surface area contributed by atoms with Crippen molar-refractivity contribution in [3.05, 3.63) is 0 Å². The Labute approximate surface area is 46.4 Å². The van der Waals surface area contributed by atoms with Crippen LogP contribution in [-0.2, 0) is 0 Å². The normalized spacial score (nSPS) is 8.57. The first-order valence-corrected chi connectivity index (χ1v) is 2.38. The molecule has 0 atom stereocenters. The van der Waals surface area contributed by atoms with Crippen molar-refractivity contribution >= 4 is 0 Å². The maximum atomic E-state index is 8.24. The predicted molar refractivity (Wildman–Crippen MR) is 33.3 cm³/mol. The summed E-state index contributed by atoms with van der Waals surface area (Å²) in [5.74, 6) is 0.648. The molecule has 0 unspecified atom stereocenters. The second-order valence-electron chi connectivity index (χ2n) is 1.91. The van der Waals surface area contributed by atoms with E-state index in [-0.39, 0.29) is 7.43 Å². The van der Waals surface area contributed by atoms with Gasteiger partial charge in [0.05, 0.1) is 0 Å². The molecule has 0 spiro atoms. The van der Waals surface area contributed by atoms with Crippen LogP contribution in [0.4, 0.5) is 0 Å². The van der Waals surface area contributed by atoms with Crippen molar-refractivity contribution < 1.29 is 5.11 Å². The van der Waals surface area contributed by atoms with Crippen LogP contribution in [0.15, 0.2) is 0 Å². The summed E-state index contributed by atoms with van der Waals surface area (Å²) in [5, 5.41) is 8.24. The molecule has 0 aliphatic heterocycles. The summed E-state index contributed by atoms with van der Waals surface area (Å²) in [7, 11) is 0. The minimum Gasteiger partial charge on any atom is -0.396 e. The highest BCUT2D eigenvalue weighted by molar-refractivity contribution is 4.38. The molecular weight excluding hydrogens is 88.1 g/mol. The Morgan fingerprint density at radius 3 is 1.86 bits per heavy atom. The minimum absolute atomic E-state index is 0. The summed E-state index contributed by atoms with van der Waals surface area (Å²) in [6, 6.07) is 0. The highest BCUT2D eigenvalue weighted by Crippen LogP contribution is 1.94. The molecule has 0 amide bonds. The van der Waals surface area contributed by atoms with Crippen molar-refractivity contribution in [1.29, 1.82) is 0 Å². The van der Waals surface area contributed by atoms with Gasteiger partial charge in [0.2, 0.25) is 0 Å². The quantitative estimate of drug-likeness (QED) is 0.565. The molecule has 0 rings (SSSR count). The van der Waals surface area contributed by atoms with E-state index in [9.17, 15) is 0 Å². The van der Waals surface area contributed by atoms with Crippen molar-refractivity contribution in [1.82, 2.24) is 0 Å². The number of hydrogen-bond acceptors (Lipinski definition) is 1. The fourth-order valence-corrected chi connectivity index (χ4v) is 0.258. The molecule has 0 bridgehead atoms. The van der Waals surface area contributed by atoms with Gasteiger partial charge < -0.3 is 5.11 Å². The second-order valence-corrected chi connectivity index (χ2v) is 1.91. The molecule has 0 aliphatic rings. The third-order valence-electron chi connectivity index (χ3n) is 0.706. The van der Waals surface area contributed by atoms with Gasteiger partial charge in [0.1, 0.15) is 0 Å². The molecule has 0 aliphatic carbocycles. The third-order valence-corrected chi connectivity index (χ3v) is 0.706. The molecule has 0 heterocycles. The highest BCUT2D eigenvalue weighted by Gasteiger charge is 1.86. The molecule has 46 valence electrons. The summed E-state index contributed by atoms with van der Waals surface area (Å²) in [4.78, 5) is 0. The van der Waals surface area contributed by atoms with Crippen LogP contribution in [0.1, 0.15) is 27.7 Å². The van der Waals surface area contributed by atoms with Crippen molar-refractivity contribution in [3.63, 3.8) is 0 Å². The van der Waals surface area contributed by atoms with Gasteiger partial charge in [0.15, 0.2) is 0 Å². The van der Waals surface area contributed by atoms with Gasteiger partial charge in [-0.05, 0) is 12.3 Å². The van der Waals surface area contributed by atoms with Crippen molar-refractivity contribution in [2.75, 3.05) is 6.61 Å². The largest absolute Gasteiger partial charge is 0.396 e. The number of aliphatic hydroxyl groups excluding tert-OH is 1. The SMILES string of the molecule is C.CC(C)CCO. The van der Waals surface area contributed by atoms with E-state index in [2.05, 4.69) is 13.8 Å². The lowest BCUT2D eigenvalue weighted by molar-refractivity contribution is 0.268. The van der Waals surface area contributed by atoms with E-state index in [1.54, 1.807) is 0 Å². The van der Waals surface area contributed by atoms with E-state index in [1.165, 1.54) is 0 Å². The molecule has 1 heteroatoms. The highest BCUT2D eigenvalue weighted by atomic mass is 16.2. The maximum absolute atomic E-state index is 8.24. The van der Waals surface area contributed by atoms with Crippen LogP contribution in [0, 0.1) is 5.92 Å². The summed E-state index contributed by atoms with van der Waals surface area (Å²) in [6.45, 7) is 4.52. The third kappa shape index (κ3) is 10.7. The van der Waals surface area contributed by atoms with Crippen LogP contribution < -0.4 is 0 Å². The van der Waals surface area contributed by atoms with E-state index in [0.717, 1.165) is 6.42 Å². The second kappa shape index (κ2) is 5.96. The van der Waals surface area contributed by atoms with Crippen molar-refractivity contribution in [2.45, 2.75) is 27.7 Å². The first kappa shape index (κ1) is 10.0. The lowest BCUT2D eigenvalue weighted by Crippen LogP contribution is -1.89. The molecule has 0 saturated heterocycles. The summed E-state index contributed by atoms with van der Waals surface area (Å²) < 4.78 is 0. The molecule has 7 heavy (non-hydrogen) atoms. The zero-order valence-electron chi connectivity index (χ0n) is 4.44. The summed E-state index contributed by atoms with van der Waals surface area (Å²) in [5.41, 5.74) is 0. The van der Waals surface area contributed by atoms with Crippen LogP contribution >= 0.6 is 0 Å². The molecule has 0 aromatic carbocycles. The van der Waals surface area contributed by atoms with Gasteiger partial charge in [-0.1, -0.05) is 21.3 Å². The Balaban J connectivity index is 0. The Kier molecular flexibility index (Phi) is 8.56. The molecule has 1 N–H and O–H groups in total. The van der Waals surface area contributed by atoms with Gasteiger partial charge in [0.25, 0.3) is 0 Å². The molecule has 0 fully saturated rings. The van der Waals surface area contributed by atoms with Crippen LogP contribution in [0.25, 0.3) is 0 Å². The van der Waals surface area contributed by atoms with E-state index < -0.39 is 0 Å². The topological polar surface area (TPSA) is 20.2 Å². The average Bonchev–Trinajstić information content (AvgIpc) is 1.35. The maximum Gasteiger partial charge on any atom is 0.0433 e.